The molecule has 0 saturated carbocycles. The molecule has 114 valence electrons. The van der Waals surface area contributed by atoms with Crippen LogP contribution >= 0.6 is 0 Å². The van der Waals surface area contributed by atoms with Gasteiger partial charge in [0, 0.05) is 12.6 Å². The van der Waals surface area contributed by atoms with Gasteiger partial charge in [-0.25, -0.2) is 9.36 Å². The summed E-state index contributed by atoms with van der Waals surface area (Å²) in [5.41, 5.74) is 0.192. The average molecular weight is 295 g/mol. The molecule has 0 aromatic carbocycles. The molecular weight excluding hydrogens is 278 g/mol. The van der Waals surface area contributed by atoms with Crippen LogP contribution in [-0.2, 0) is 16.6 Å². The van der Waals surface area contributed by atoms with Gasteiger partial charge in [0.1, 0.15) is 6.04 Å². The lowest BCUT2D eigenvalue weighted by atomic mass is 10.2. The van der Waals surface area contributed by atoms with Crippen molar-refractivity contribution in [1.29, 1.82) is 0 Å². The first kappa shape index (κ1) is 15.0. The molecule has 0 bridgehead atoms. The van der Waals surface area contributed by atoms with E-state index in [1.165, 1.54) is 28.6 Å². The van der Waals surface area contributed by atoms with Crippen LogP contribution in [-0.4, -0.2) is 45.5 Å². The molecule has 0 aliphatic carbocycles. The minimum atomic E-state index is -0.605. The normalized spacial score (nSPS) is 17.8. The Balaban J connectivity index is 2.23. The van der Waals surface area contributed by atoms with Crippen molar-refractivity contribution in [2.75, 3.05) is 13.2 Å². The van der Waals surface area contributed by atoms with Crippen molar-refractivity contribution in [2.45, 2.75) is 25.8 Å². The summed E-state index contributed by atoms with van der Waals surface area (Å²) >= 11 is 0. The second kappa shape index (κ2) is 5.94. The number of ether oxygens (including phenoxy) is 1. The molecule has 1 aliphatic heterocycles. The molecule has 1 fully saturated rings. The first-order chi connectivity index (χ1) is 9.97. The number of nitro groups is 1. The number of rotatable bonds is 4. The van der Waals surface area contributed by atoms with Crippen LogP contribution in [0.3, 0.4) is 0 Å². The lowest BCUT2D eigenvalue weighted by molar-refractivity contribution is -0.391. The van der Waals surface area contributed by atoms with Gasteiger partial charge >= 0.3 is 11.8 Å². The molecule has 1 aromatic rings. The molecular formula is C13H17N3O5. The number of hydrogen-bond donors (Lipinski definition) is 0. The third-order valence-electron chi connectivity index (χ3n) is 3.57. The van der Waals surface area contributed by atoms with Gasteiger partial charge in [0.2, 0.25) is 0 Å². The second-order valence-electron chi connectivity index (χ2n) is 4.80. The Morgan fingerprint density at radius 1 is 1.48 bits per heavy atom. The lowest BCUT2D eigenvalue weighted by Crippen LogP contribution is -2.42. The topological polar surface area (TPSA) is 94.7 Å². The van der Waals surface area contributed by atoms with Crippen molar-refractivity contribution in [3.8, 4) is 0 Å². The molecule has 1 aromatic heterocycles. The quantitative estimate of drug-likeness (QED) is 0.471. The van der Waals surface area contributed by atoms with Crippen molar-refractivity contribution >= 4 is 17.7 Å². The van der Waals surface area contributed by atoms with Crippen LogP contribution in [0.5, 0.6) is 0 Å². The Kier molecular flexibility index (Phi) is 4.25. The van der Waals surface area contributed by atoms with Crippen LogP contribution in [0.25, 0.3) is 0 Å². The van der Waals surface area contributed by atoms with Gasteiger partial charge < -0.3 is 19.8 Å². The molecule has 2 rings (SSSR count). The first-order valence-electron chi connectivity index (χ1n) is 6.75. The monoisotopic (exact) mass is 295 g/mol. The molecule has 1 atom stereocenters. The molecule has 8 nitrogen and oxygen atoms in total. The van der Waals surface area contributed by atoms with Crippen molar-refractivity contribution in [3.05, 3.63) is 27.9 Å². The number of carbonyl (C=O) groups is 2. The summed E-state index contributed by atoms with van der Waals surface area (Å²) in [4.78, 5) is 36.1. The van der Waals surface area contributed by atoms with Gasteiger partial charge in [-0.1, -0.05) is 0 Å². The van der Waals surface area contributed by atoms with Crippen LogP contribution < -0.4 is 0 Å². The zero-order chi connectivity index (χ0) is 15.6. The highest BCUT2D eigenvalue weighted by Crippen LogP contribution is 2.23. The van der Waals surface area contributed by atoms with E-state index >= 15 is 0 Å². The van der Waals surface area contributed by atoms with Crippen LogP contribution in [0.2, 0.25) is 0 Å². The maximum Gasteiger partial charge on any atom is 0.328 e. The van der Waals surface area contributed by atoms with E-state index < -0.39 is 16.9 Å². The molecule has 21 heavy (non-hydrogen) atoms. The summed E-state index contributed by atoms with van der Waals surface area (Å²) in [5, 5.41) is 10.8. The van der Waals surface area contributed by atoms with Gasteiger partial charge in [0.05, 0.1) is 13.7 Å². The number of hydrogen-bond acceptors (Lipinski definition) is 5. The van der Waals surface area contributed by atoms with Gasteiger partial charge in [0.25, 0.3) is 5.91 Å². The summed E-state index contributed by atoms with van der Waals surface area (Å²) in [6.45, 7) is 2.41. The molecule has 1 saturated heterocycles. The Morgan fingerprint density at radius 2 is 2.19 bits per heavy atom. The summed E-state index contributed by atoms with van der Waals surface area (Å²) in [7, 11) is 1.46. The molecule has 1 unspecified atom stereocenters. The number of nitrogens with zero attached hydrogens (tertiary/aromatic N) is 3. The van der Waals surface area contributed by atoms with Crippen LogP contribution in [0, 0.1) is 10.1 Å². The van der Waals surface area contributed by atoms with Crippen LogP contribution in [0.4, 0.5) is 5.82 Å². The zero-order valence-electron chi connectivity index (χ0n) is 11.9. The molecule has 1 aliphatic rings. The number of esters is 1. The number of aromatic nitrogens is 1. The molecule has 8 heteroatoms. The van der Waals surface area contributed by atoms with Crippen molar-refractivity contribution < 1.29 is 19.2 Å². The largest absolute Gasteiger partial charge is 0.464 e. The Hall–Kier alpha value is -2.38. The van der Waals surface area contributed by atoms with Gasteiger partial charge in [0.15, 0.2) is 5.69 Å². The molecule has 2 heterocycles. The van der Waals surface area contributed by atoms with E-state index in [-0.39, 0.29) is 24.0 Å². The fourth-order valence-electron chi connectivity index (χ4n) is 2.54. The lowest BCUT2D eigenvalue weighted by Gasteiger charge is -2.22. The highest BCUT2D eigenvalue weighted by Gasteiger charge is 2.37. The molecule has 1 amide bonds. The van der Waals surface area contributed by atoms with Crippen molar-refractivity contribution in [2.24, 2.45) is 7.05 Å². The molecule has 0 spiro atoms. The predicted octanol–water partition coefficient (Wildman–Crippen LogP) is 1.10. The zero-order valence-corrected chi connectivity index (χ0v) is 11.9. The van der Waals surface area contributed by atoms with E-state index in [4.69, 9.17) is 4.74 Å². The third-order valence-corrected chi connectivity index (χ3v) is 3.57. The fraction of sp³-hybridized carbons (Fsp3) is 0.538. The van der Waals surface area contributed by atoms with Gasteiger partial charge in [-0.05, 0) is 30.8 Å². The third kappa shape index (κ3) is 2.74. The highest BCUT2D eigenvalue weighted by molar-refractivity contribution is 5.96. The molecule has 0 radical (unpaired) electrons. The van der Waals surface area contributed by atoms with E-state index in [0.29, 0.717) is 19.4 Å². The maximum absolute atomic E-state index is 12.5. The second-order valence-corrected chi connectivity index (χ2v) is 4.80. The van der Waals surface area contributed by atoms with E-state index in [0.717, 1.165) is 0 Å². The highest BCUT2D eigenvalue weighted by atomic mass is 16.6. The fourth-order valence-corrected chi connectivity index (χ4v) is 2.54. The van der Waals surface area contributed by atoms with Gasteiger partial charge in [-0.3, -0.25) is 4.79 Å². The number of carbonyl (C=O) groups excluding carboxylic acids is 2. The van der Waals surface area contributed by atoms with E-state index in [1.54, 1.807) is 6.92 Å². The smallest absolute Gasteiger partial charge is 0.328 e. The minimum Gasteiger partial charge on any atom is -0.464 e. The average Bonchev–Trinajstić information content (AvgIpc) is 3.04. The van der Waals surface area contributed by atoms with E-state index in [2.05, 4.69) is 0 Å². The van der Waals surface area contributed by atoms with Gasteiger partial charge in [-0.15, -0.1) is 0 Å². The maximum atomic E-state index is 12.5. The van der Waals surface area contributed by atoms with Crippen molar-refractivity contribution in [1.82, 2.24) is 9.47 Å². The minimum absolute atomic E-state index is 0.162. The number of likely N-dealkylation sites (tertiary alicyclic amines) is 1. The van der Waals surface area contributed by atoms with E-state index in [9.17, 15) is 19.7 Å². The van der Waals surface area contributed by atoms with Crippen LogP contribution in [0.1, 0.15) is 30.3 Å². The summed E-state index contributed by atoms with van der Waals surface area (Å²) in [6.07, 6.45) is 1.26. The SMILES string of the molecule is CCOC(=O)C1CCCN1C(=O)c1ccc([N+](=O)[O-])n1C. The van der Waals surface area contributed by atoms with Crippen LogP contribution in [0.15, 0.2) is 12.1 Å². The Bertz CT molecular complexity index is 580. The standard InChI is InChI=1S/C13H17N3O5/c1-3-21-13(18)10-5-4-8-15(10)12(17)9-6-7-11(14(9)2)16(19)20/h6-7,10H,3-5,8H2,1-2H3. The first-order valence-corrected chi connectivity index (χ1v) is 6.75. The summed E-state index contributed by atoms with van der Waals surface area (Å²) in [6, 6.07) is 2.08. The summed E-state index contributed by atoms with van der Waals surface area (Å²) < 4.78 is 6.19. The predicted molar refractivity (Wildman–Crippen MR) is 72.8 cm³/mol. The van der Waals surface area contributed by atoms with Gasteiger partial charge in [-0.2, -0.15) is 0 Å². The van der Waals surface area contributed by atoms with Crippen molar-refractivity contribution in [3.63, 3.8) is 0 Å². The Labute approximate surface area is 121 Å². The number of amides is 1. The summed E-state index contributed by atoms with van der Waals surface area (Å²) in [5.74, 6) is -0.974. The Morgan fingerprint density at radius 3 is 2.76 bits per heavy atom. The van der Waals surface area contributed by atoms with E-state index in [1.807, 2.05) is 0 Å². The molecule has 0 N–H and O–H groups in total.